The smallest absolute Gasteiger partial charge is 0.0589 e. The van der Waals surface area contributed by atoms with Gasteiger partial charge in [-0.15, -0.1) is 0 Å². The van der Waals surface area contributed by atoms with Gasteiger partial charge in [0.05, 0.1) is 6.61 Å². The molecule has 0 bridgehead atoms. The third-order valence-corrected chi connectivity index (χ3v) is 4.74. The van der Waals surface area contributed by atoms with Gasteiger partial charge in [0, 0.05) is 32.3 Å². The van der Waals surface area contributed by atoms with E-state index >= 15 is 0 Å². The fraction of sp³-hybridized carbons (Fsp3) is 1.00. The highest BCUT2D eigenvalue weighted by Crippen LogP contribution is 2.39. The second-order valence-electron chi connectivity index (χ2n) is 5.80. The molecule has 0 amide bonds. The van der Waals surface area contributed by atoms with Crippen LogP contribution in [-0.2, 0) is 4.74 Å². The lowest BCUT2D eigenvalue weighted by molar-refractivity contribution is 0.0369. The molecule has 0 radical (unpaired) electrons. The van der Waals surface area contributed by atoms with Crippen LogP contribution in [0.25, 0.3) is 0 Å². The Bertz CT molecular complexity index is 226. The van der Waals surface area contributed by atoms with Crippen LogP contribution >= 0.6 is 0 Å². The molecule has 0 heterocycles. The Balaban J connectivity index is 1.94. The molecule has 2 aliphatic rings. The van der Waals surface area contributed by atoms with Crippen molar-refractivity contribution in [2.45, 2.75) is 51.1 Å². The average molecular weight is 240 g/mol. The molecule has 100 valence electrons. The van der Waals surface area contributed by atoms with Crippen LogP contribution in [0, 0.1) is 11.8 Å². The third kappa shape index (κ3) is 3.21. The molecule has 0 saturated heterocycles. The zero-order chi connectivity index (χ0) is 12.3. The highest BCUT2D eigenvalue weighted by molar-refractivity contribution is 4.92. The molecule has 2 aliphatic carbocycles. The maximum absolute atomic E-state index is 6.03. The molecule has 0 aromatic heterocycles. The van der Waals surface area contributed by atoms with Gasteiger partial charge in [-0.25, -0.2) is 0 Å². The second-order valence-corrected chi connectivity index (χ2v) is 5.80. The molecule has 0 aromatic carbocycles. The minimum atomic E-state index is 0.592. The highest BCUT2D eigenvalue weighted by Gasteiger charge is 2.38. The summed E-state index contributed by atoms with van der Waals surface area (Å²) in [5.41, 5.74) is 6.03. The summed E-state index contributed by atoms with van der Waals surface area (Å²) >= 11 is 0. The summed E-state index contributed by atoms with van der Waals surface area (Å²) in [4.78, 5) is 2.64. The summed E-state index contributed by atoms with van der Waals surface area (Å²) in [5, 5.41) is 0. The largest absolute Gasteiger partial charge is 0.383 e. The molecule has 2 N–H and O–H groups in total. The predicted octanol–water partition coefficient (Wildman–Crippen LogP) is 1.86. The topological polar surface area (TPSA) is 38.5 Å². The van der Waals surface area contributed by atoms with Gasteiger partial charge in [0.25, 0.3) is 0 Å². The van der Waals surface area contributed by atoms with Gasteiger partial charge in [0.1, 0.15) is 0 Å². The lowest BCUT2D eigenvalue weighted by Gasteiger charge is -2.43. The number of ether oxygens (including phenoxy) is 1. The highest BCUT2D eigenvalue weighted by atomic mass is 16.5. The molecule has 0 aromatic rings. The monoisotopic (exact) mass is 240 g/mol. The molecule has 3 nitrogen and oxygen atoms in total. The SMILES string of the molecule is COCCN(C(C)C1CC1)C(CN)C1CCC1. The van der Waals surface area contributed by atoms with E-state index in [1.807, 2.05) is 0 Å². The Morgan fingerprint density at radius 1 is 1.24 bits per heavy atom. The first-order chi connectivity index (χ1) is 8.27. The van der Waals surface area contributed by atoms with E-state index in [2.05, 4.69) is 11.8 Å². The van der Waals surface area contributed by atoms with Crippen LogP contribution in [0.15, 0.2) is 0 Å². The summed E-state index contributed by atoms with van der Waals surface area (Å²) in [7, 11) is 1.79. The number of hydrogen-bond donors (Lipinski definition) is 1. The minimum Gasteiger partial charge on any atom is -0.383 e. The van der Waals surface area contributed by atoms with Crippen LogP contribution in [0.4, 0.5) is 0 Å². The lowest BCUT2D eigenvalue weighted by Crippen LogP contribution is -2.53. The van der Waals surface area contributed by atoms with Gasteiger partial charge in [-0.1, -0.05) is 6.42 Å². The van der Waals surface area contributed by atoms with Gasteiger partial charge >= 0.3 is 0 Å². The summed E-state index contributed by atoms with van der Waals surface area (Å²) in [6.45, 7) is 5.08. The Labute approximate surface area is 106 Å². The standard InChI is InChI=1S/C14H28N2O/c1-11(12-6-7-12)16(8-9-17-2)14(10-15)13-4-3-5-13/h11-14H,3-10,15H2,1-2H3. The predicted molar refractivity (Wildman–Crippen MR) is 71.0 cm³/mol. The van der Waals surface area contributed by atoms with Crippen molar-refractivity contribution in [1.29, 1.82) is 0 Å². The van der Waals surface area contributed by atoms with E-state index in [0.29, 0.717) is 12.1 Å². The van der Waals surface area contributed by atoms with E-state index < -0.39 is 0 Å². The van der Waals surface area contributed by atoms with Crippen molar-refractivity contribution in [2.24, 2.45) is 17.6 Å². The number of hydrogen-bond acceptors (Lipinski definition) is 3. The molecule has 2 saturated carbocycles. The summed E-state index contributed by atoms with van der Waals surface area (Å²) in [5.74, 6) is 1.76. The van der Waals surface area contributed by atoms with Crippen molar-refractivity contribution in [3.05, 3.63) is 0 Å². The minimum absolute atomic E-state index is 0.592. The molecule has 0 spiro atoms. The van der Waals surface area contributed by atoms with E-state index in [9.17, 15) is 0 Å². The Kier molecular flexibility index (Phi) is 4.83. The van der Waals surface area contributed by atoms with Crippen molar-refractivity contribution in [1.82, 2.24) is 4.90 Å². The summed E-state index contributed by atoms with van der Waals surface area (Å²) < 4.78 is 5.27. The Hall–Kier alpha value is -0.120. The van der Waals surface area contributed by atoms with Crippen molar-refractivity contribution in [3.8, 4) is 0 Å². The van der Waals surface area contributed by atoms with Gasteiger partial charge in [-0.3, -0.25) is 4.90 Å². The van der Waals surface area contributed by atoms with Crippen LogP contribution in [0.5, 0.6) is 0 Å². The van der Waals surface area contributed by atoms with Gasteiger partial charge in [0.15, 0.2) is 0 Å². The van der Waals surface area contributed by atoms with Crippen molar-refractivity contribution in [2.75, 3.05) is 26.8 Å². The van der Waals surface area contributed by atoms with E-state index in [1.165, 1.54) is 32.1 Å². The fourth-order valence-corrected chi connectivity index (χ4v) is 3.14. The molecular weight excluding hydrogens is 212 g/mol. The van der Waals surface area contributed by atoms with Gasteiger partial charge in [0.2, 0.25) is 0 Å². The molecule has 2 fully saturated rings. The lowest BCUT2D eigenvalue weighted by atomic mass is 9.78. The number of methoxy groups -OCH3 is 1. The molecular formula is C14H28N2O. The average Bonchev–Trinajstić information content (AvgIpc) is 3.08. The second kappa shape index (κ2) is 6.17. The van der Waals surface area contributed by atoms with E-state index in [4.69, 9.17) is 10.5 Å². The fourth-order valence-electron chi connectivity index (χ4n) is 3.14. The Morgan fingerprint density at radius 3 is 2.35 bits per heavy atom. The first-order valence-corrected chi connectivity index (χ1v) is 7.22. The van der Waals surface area contributed by atoms with Gasteiger partial charge in [-0.05, 0) is 44.4 Å². The summed E-state index contributed by atoms with van der Waals surface area (Å²) in [6, 6.07) is 1.29. The quantitative estimate of drug-likeness (QED) is 0.704. The molecule has 17 heavy (non-hydrogen) atoms. The first kappa shape index (κ1) is 13.3. The molecule has 2 unspecified atom stereocenters. The van der Waals surface area contributed by atoms with Crippen LogP contribution in [0.2, 0.25) is 0 Å². The molecule has 0 aliphatic heterocycles. The van der Waals surface area contributed by atoms with E-state index in [1.54, 1.807) is 7.11 Å². The maximum Gasteiger partial charge on any atom is 0.0589 e. The van der Waals surface area contributed by atoms with Gasteiger partial charge in [-0.2, -0.15) is 0 Å². The Morgan fingerprint density at radius 2 is 1.94 bits per heavy atom. The van der Waals surface area contributed by atoms with Crippen LogP contribution in [0.1, 0.15) is 39.0 Å². The number of rotatable bonds is 8. The van der Waals surface area contributed by atoms with Crippen LogP contribution in [0.3, 0.4) is 0 Å². The number of nitrogens with two attached hydrogens (primary N) is 1. The van der Waals surface area contributed by atoms with Crippen molar-refractivity contribution in [3.63, 3.8) is 0 Å². The molecule has 3 heteroatoms. The normalized spacial score (nSPS) is 24.7. The van der Waals surface area contributed by atoms with E-state index in [-0.39, 0.29) is 0 Å². The van der Waals surface area contributed by atoms with E-state index in [0.717, 1.165) is 31.5 Å². The van der Waals surface area contributed by atoms with Crippen molar-refractivity contribution < 1.29 is 4.74 Å². The zero-order valence-electron chi connectivity index (χ0n) is 11.4. The zero-order valence-corrected chi connectivity index (χ0v) is 11.4. The molecule has 2 rings (SSSR count). The van der Waals surface area contributed by atoms with Gasteiger partial charge < -0.3 is 10.5 Å². The first-order valence-electron chi connectivity index (χ1n) is 7.22. The third-order valence-electron chi connectivity index (χ3n) is 4.74. The number of nitrogens with zero attached hydrogens (tertiary/aromatic N) is 1. The van der Waals surface area contributed by atoms with Crippen LogP contribution < -0.4 is 5.73 Å². The molecule has 2 atom stereocenters. The maximum atomic E-state index is 6.03. The van der Waals surface area contributed by atoms with Crippen molar-refractivity contribution >= 4 is 0 Å². The van der Waals surface area contributed by atoms with Crippen LogP contribution in [-0.4, -0.2) is 43.8 Å². The summed E-state index contributed by atoms with van der Waals surface area (Å²) in [6.07, 6.45) is 6.97.